The quantitative estimate of drug-likeness (QED) is 0.281. The van der Waals surface area contributed by atoms with E-state index in [0.29, 0.717) is 54.3 Å². The Kier molecular flexibility index (Phi) is 8.94. The van der Waals surface area contributed by atoms with E-state index >= 15 is 0 Å². The zero-order valence-corrected chi connectivity index (χ0v) is 23.6. The van der Waals surface area contributed by atoms with Gasteiger partial charge in [-0.05, 0) is 37.6 Å². The first-order valence-corrected chi connectivity index (χ1v) is 13.3. The maximum Gasteiger partial charge on any atom is 0.338 e. The number of rotatable bonds is 9. The molecule has 1 aromatic heterocycles. The molecule has 0 saturated carbocycles. The fourth-order valence-electron chi connectivity index (χ4n) is 4.15. The molecule has 11 heteroatoms. The molecule has 200 valence electrons. The van der Waals surface area contributed by atoms with Crippen molar-refractivity contribution in [3.63, 3.8) is 0 Å². The summed E-state index contributed by atoms with van der Waals surface area (Å²) in [6.07, 6.45) is 1.67. The van der Waals surface area contributed by atoms with Gasteiger partial charge in [0.15, 0.2) is 16.3 Å². The van der Waals surface area contributed by atoms with Gasteiger partial charge in [0.25, 0.3) is 5.56 Å². The number of para-hydroxylation sites is 1. The number of carbonyl (C=O) groups is 1. The minimum Gasteiger partial charge on any atom is -0.493 e. The van der Waals surface area contributed by atoms with E-state index in [0.717, 1.165) is 0 Å². The van der Waals surface area contributed by atoms with Crippen molar-refractivity contribution in [2.45, 2.75) is 19.9 Å². The van der Waals surface area contributed by atoms with Gasteiger partial charge in [-0.3, -0.25) is 9.36 Å². The van der Waals surface area contributed by atoms with E-state index < -0.39 is 12.0 Å². The van der Waals surface area contributed by atoms with Gasteiger partial charge in [0.1, 0.15) is 12.6 Å². The maximum atomic E-state index is 13.9. The Morgan fingerprint density at radius 2 is 1.92 bits per heavy atom. The van der Waals surface area contributed by atoms with Crippen molar-refractivity contribution in [1.29, 1.82) is 0 Å². The van der Waals surface area contributed by atoms with Crippen molar-refractivity contribution >= 4 is 46.6 Å². The lowest BCUT2D eigenvalue weighted by Gasteiger charge is -2.27. The molecule has 0 aliphatic carbocycles. The predicted molar refractivity (Wildman–Crippen MR) is 147 cm³/mol. The summed E-state index contributed by atoms with van der Waals surface area (Å²) >= 11 is 13.8. The minimum atomic E-state index is -0.880. The summed E-state index contributed by atoms with van der Waals surface area (Å²) in [7, 11) is 3.05. The van der Waals surface area contributed by atoms with Gasteiger partial charge in [-0.15, -0.1) is 0 Å². The highest BCUT2D eigenvalue weighted by Crippen LogP contribution is 2.40. The molecule has 0 bridgehead atoms. The lowest BCUT2D eigenvalue weighted by atomic mass is 9.94. The van der Waals surface area contributed by atoms with Crippen LogP contribution in [0.15, 0.2) is 57.5 Å². The molecule has 0 N–H and O–H groups in total. The Bertz CT molecular complexity index is 1580. The standard InChI is InChI=1S/C27H26Cl2N2O6S/c1-5-36-24-17(9-7-11-19(24)35-4)23-21(26(33)37-13-12-34-3)15(2)30-27-31(23)25(32)20(38-27)14-16-8-6-10-18(28)22(16)29/h6-11,14,23H,5,12-13H2,1-4H3/b20-14+/t23-/m0/s1. The average Bonchev–Trinajstić information content (AvgIpc) is 3.20. The van der Waals surface area contributed by atoms with Crippen molar-refractivity contribution < 1.29 is 23.7 Å². The van der Waals surface area contributed by atoms with E-state index in [1.54, 1.807) is 49.4 Å². The van der Waals surface area contributed by atoms with Crippen LogP contribution in [0.1, 0.15) is 31.0 Å². The maximum absolute atomic E-state index is 13.9. The molecule has 1 aliphatic rings. The zero-order valence-electron chi connectivity index (χ0n) is 21.2. The first-order valence-electron chi connectivity index (χ1n) is 11.7. The Labute approximate surface area is 233 Å². The molecule has 38 heavy (non-hydrogen) atoms. The third-order valence-corrected chi connectivity index (χ3v) is 7.66. The summed E-state index contributed by atoms with van der Waals surface area (Å²) in [6.45, 7) is 4.18. The van der Waals surface area contributed by atoms with E-state index in [-0.39, 0.29) is 24.3 Å². The van der Waals surface area contributed by atoms with Gasteiger partial charge in [0.2, 0.25) is 0 Å². The summed E-state index contributed by atoms with van der Waals surface area (Å²) in [5.41, 5.74) is 1.45. The third-order valence-electron chi connectivity index (χ3n) is 5.84. The number of nitrogens with zero attached hydrogens (tertiary/aromatic N) is 2. The number of aromatic nitrogens is 1. The van der Waals surface area contributed by atoms with E-state index in [1.165, 1.54) is 30.1 Å². The summed E-state index contributed by atoms with van der Waals surface area (Å²) in [5, 5.41) is 0.710. The van der Waals surface area contributed by atoms with Crippen LogP contribution < -0.4 is 24.4 Å². The Morgan fingerprint density at radius 1 is 1.16 bits per heavy atom. The number of fused-ring (bicyclic) bond motifs is 1. The normalized spacial score (nSPS) is 15.2. The molecule has 0 unspecified atom stereocenters. The molecule has 2 aromatic carbocycles. The topological polar surface area (TPSA) is 88.4 Å². The minimum absolute atomic E-state index is 0.0486. The monoisotopic (exact) mass is 576 g/mol. The van der Waals surface area contributed by atoms with Crippen molar-refractivity contribution in [3.05, 3.63) is 88.5 Å². The number of methoxy groups -OCH3 is 2. The number of allylic oxidation sites excluding steroid dienone is 1. The third kappa shape index (κ3) is 5.37. The highest BCUT2D eigenvalue weighted by atomic mass is 35.5. The van der Waals surface area contributed by atoms with Gasteiger partial charge in [-0.1, -0.05) is 58.8 Å². The molecule has 4 rings (SSSR count). The lowest BCUT2D eigenvalue weighted by Crippen LogP contribution is -2.40. The summed E-state index contributed by atoms with van der Waals surface area (Å²) in [5.74, 6) is 0.288. The number of carbonyl (C=O) groups excluding carboxylic acids is 1. The molecule has 0 fully saturated rings. The molecule has 2 heterocycles. The van der Waals surface area contributed by atoms with E-state index in [9.17, 15) is 9.59 Å². The van der Waals surface area contributed by atoms with E-state index in [1.807, 2.05) is 6.92 Å². The van der Waals surface area contributed by atoms with Crippen LogP contribution in [-0.2, 0) is 14.3 Å². The van der Waals surface area contributed by atoms with Crippen molar-refractivity contribution in [2.24, 2.45) is 4.99 Å². The molecule has 8 nitrogen and oxygen atoms in total. The number of halogens is 2. The van der Waals surface area contributed by atoms with Gasteiger partial charge in [0, 0.05) is 12.7 Å². The number of thiazole rings is 1. The number of esters is 1. The van der Waals surface area contributed by atoms with Crippen LogP contribution in [0, 0.1) is 0 Å². The summed E-state index contributed by atoms with van der Waals surface area (Å²) in [6, 6.07) is 9.64. The molecular formula is C27H26Cl2N2O6S. The van der Waals surface area contributed by atoms with Crippen LogP contribution >= 0.6 is 34.5 Å². The van der Waals surface area contributed by atoms with Gasteiger partial charge in [-0.25, -0.2) is 9.79 Å². The first kappa shape index (κ1) is 27.9. The van der Waals surface area contributed by atoms with Gasteiger partial charge in [0.05, 0.1) is 46.2 Å². The molecule has 1 atom stereocenters. The molecule has 0 spiro atoms. The number of hydrogen-bond acceptors (Lipinski definition) is 8. The summed E-state index contributed by atoms with van der Waals surface area (Å²) in [4.78, 5) is 32.3. The lowest BCUT2D eigenvalue weighted by molar-refractivity contribution is -0.140. The van der Waals surface area contributed by atoms with Crippen LogP contribution in [0.3, 0.4) is 0 Å². The molecule has 1 aliphatic heterocycles. The van der Waals surface area contributed by atoms with E-state index in [2.05, 4.69) is 4.99 Å². The molecule has 0 saturated heterocycles. The second kappa shape index (κ2) is 12.2. The van der Waals surface area contributed by atoms with Crippen molar-refractivity contribution in [1.82, 2.24) is 4.57 Å². The Hall–Kier alpha value is -3.11. The van der Waals surface area contributed by atoms with Gasteiger partial charge in [-0.2, -0.15) is 0 Å². The number of hydrogen-bond donors (Lipinski definition) is 0. The van der Waals surface area contributed by atoms with Crippen LogP contribution in [0.4, 0.5) is 0 Å². The second-order valence-corrected chi connectivity index (χ2v) is 9.96. The predicted octanol–water partition coefficient (Wildman–Crippen LogP) is 4.14. The van der Waals surface area contributed by atoms with Crippen LogP contribution in [-0.4, -0.2) is 44.6 Å². The van der Waals surface area contributed by atoms with Crippen molar-refractivity contribution in [2.75, 3.05) is 34.0 Å². The number of ether oxygens (including phenoxy) is 4. The SMILES string of the molecule is CCOc1c(OC)cccc1[C@H]1C(C(=O)OCCOC)=C(C)N=c2s/c(=C/c3cccc(Cl)c3Cl)c(=O)n21. The largest absolute Gasteiger partial charge is 0.493 e. The fourth-order valence-corrected chi connectivity index (χ4v) is 5.55. The summed E-state index contributed by atoms with van der Waals surface area (Å²) < 4.78 is 23.9. The first-order chi connectivity index (χ1) is 18.3. The average molecular weight is 577 g/mol. The highest BCUT2D eigenvalue weighted by Gasteiger charge is 2.36. The second-order valence-electron chi connectivity index (χ2n) is 8.17. The van der Waals surface area contributed by atoms with Crippen LogP contribution in [0.25, 0.3) is 6.08 Å². The van der Waals surface area contributed by atoms with Gasteiger partial charge >= 0.3 is 5.97 Å². The Balaban J connectivity index is 1.99. The van der Waals surface area contributed by atoms with Crippen molar-refractivity contribution in [3.8, 4) is 11.5 Å². The smallest absolute Gasteiger partial charge is 0.338 e. The van der Waals surface area contributed by atoms with Crippen LogP contribution in [0.5, 0.6) is 11.5 Å². The molecule has 3 aromatic rings. The zero-order chi connectivity index (χ0) is 27.4. The molecule has 0 radical (unpaired) electrons. The fraction of sp³-hybridized carbons (Fsp3) is 0.296. The highest BCUT2D eigenvalue weighted by molar-refractivity contribution is 7.07. The Morgan fingerprint density at radius 3 is 2.63 bits per heavy atom. The molecular weight excluding hydrogens is 551 g/mol. The van der Waals surface area contributed by atoms with Gasteiger partial charge < -0.3 is 18.9 Å². The number of benzene rings is 2. The van der Waals surface area contributed by atoms with E-state index in [4.69, 9.17) is 42.1 Å². The molecule has 0 amide bonds. The van der Waals surface area contributed by atoms with Crippen LogP contribution in [0.2, 0.25) is 10.0 Å².